The maximum absolute atomic E-state index is 12.1. The molecule has 0 aliphatic carbocycles. The molecule has 21 heavy (non-hydrogen) atoms. The molecule has 0 aliphatic rings. The van der Waals surface area contributed by atoms with Crippen LogP contribution in [0, 0.1) is 0 Å². The number of hydrogen-bond acceptors (Lipinski definition) is 5. The normalized spacial score (nSPS) is 10.0. The Labute approximate surface area is 123 Å². The molecule has 6 heteroatoms. The van der Waals surface area contributed by atoms with Crippen molar-refractivity contribution in [1.82, 2.24) is 9.97 Å². The van der Waals surface area contributed by atoms with E-state index in [9.17, 15) is 4.79 Å². The predicted octanol–water partition coefficient (Wildman–Crippen LogP) is 1.73. The minimum atomic E-state index is -0.113. The third-order valence-electron chi connectivity index (χ3n) is 2.83. The summed E-state index contributed by atoms with van der Waals surface area (Å²) in [4.78, 5) is 22.1. The quantitative estimate of drug-likeness (QED) is 0.906. The molecule has 0 bridgehead atoms. The molecule has 0 aliphatic heterocycles. The Kier molecular flexibility index (Phi) is 4.71. The number of carbonyl (C=O) groups is 1. The molecule has 1 heterocycles. The standard InChI is InChI=1S/C15H18N4O2/c1-19(2)14-12(10-16-15(18-14)21-3)17-13(20)9-11-7-5-4-6-8-11/h4-8,10H,9H2,1-3H3,(H,17,20). The Morgan fingerprint density at radius 3 is 2.62 bits per heavy atom. The van der Waals surface area contributed by atoms with Crippen molar-refractivity contribution < 1.29 is 9.53 Å². The van der Waals surface area contributed by atoms with Gasteiger partial charge in [-0.3, -0.25) is 4.79 Å². The second-order valence-electron chi connectivity index (χ2n) is 4.70. The van der Waals surface area contributed by atoms with Crippen LogP contribution in [0.2, 0.25) is 0 Å². The number of nitrogens with zero attached hydrogens (tertiary/aromatic N) is 3. The topological polar surface area (TPSA) is 67.3 Å². The van der Waals surface area contributed by atoms with Gasteiger partial charge in [0.15, 0.2) is 5.82 Å². The number of aromatic nitrogens is 2. The largest absolute Gasteiger partial charge is 0.467 e. The molecular formula is C15H18N4O2. The Morgan fingerprint density at radius 2 is 2.00 bits per heavy atom. The number of carbonyl (C=O) groups excluding carboxylic acids is 1. The highest BCUT2D eigenvalue weighted by molar-refractivity contribution is 5.94. The molecule has 0 atom stereocenters. The number of ether oxygens (including phenoxy) is 1. The van der Waals surface area contributed by atoms with Crippen molar-refractivity contribution in [2.75, 3.05) is 31.4 Å². The first-order chi connectivity index (χ1) is 10.1. The van der Waals surface area contributed by atoms with Crippen LogP contribution in [-0.2, 0) is 11.2 Å². The van der Waals surface area contributed by atoms with E-state index in [2.05, 4.69) is 15.3 Å². The third kappa shape index (κ3) is 3.92. The zero-order valence-corrected chi connectivity index (χ0v) is 12.3. The van der Waals surface area contributed by atoms with Crippen molar-refractivity contribution in [2.45, 2.75) is 6.42 Å². The molecule has 1 amide bonds. The van der Waals surface area contributed by atoms with Crippen LogP contribution < -0.4 is 15.0 Å². The highest BCUT2D eigenvalue weighted by atomic mass is 16.5. The molecule has 110 valence electrons. The van der Waals surface area contributed by atoms with Gasteiger partial charge in [0.25, 0.3) is 0 Å². The smallest absolute Gasteiger partial charge is 0.318 e. The van der Waals surface area contributed by atoms with Crippen LogP contribution in [0.1, 0.15) is 5.56 Å². The van der Waals surface area contributed by atoms with Gasteiger partial charge in [0.1, 0.15) is 5.69 Å². The van der Waals surface area contributed by atoms with Gasteiger partial charge in [-0.1, -0.05) is 30.3 Å². The minimum absolute atomic E-state index is 0.113. The number of benzene rings is 1. The average Bonchev–Trinajstić information content (AvgIpc) is 2.48. The van der Waals surface area contributed by atoms with Crippen LogP contribution in [0.4, 0.5) is 11.5 Å². The molecular weight excluding hydrogens is 268 g/mol. The van der Waals surface area contributed by atoms with Gasteiger partial charge in [0.05, 0.1) is 19.7 Å². The molecule has 6 nitrogen and oxygen atoms in total. The summed E-state index contributed by atoms with van der Waals surface area (Å²) >= 11 is 0. The third-order valence-corrected chi connectivity index (χ3v) is 2.83. The second-order valence-corrected chi connectivity index (χ2v) is 4.70. The van der Waals surface area contributed by atoms with E-state index in [1.165, 1.54) is 7.11 Å². The first-order valence-corrected chi connectivity index (χ1v) is 6.52. The summed E-state index contributed by atoms with van der Waals surface area (Å²) in [7, 11) is 5.19. The zero-order chi connectivity index (χ0) is 15.2. The first-order valence-electron chi connectivity index (χ1n) is 6.52. The molecule has 0 unspecified atom stereocenters. The molecule has 0 saturated heterocycles. The highest BCUT2D eigenvalue weighted by Gasteiger charge is 2.12. The number of amides is 1. The fourth-order valence-corrected chi connectivity index (χ4v) is 1.86. The Bertz CT molecular complexity index is 614. The highest BCUT2D eigenvalue weighted by Crippen LogP contribution is 2.22. The van der Waals surface area contributed by atoms with E-state index in [0.29, 0.717) is 17.9 Å². The lowest BCUT2D eigenvalue weighted by atomic mass is 10.1. The lowest BCUT2D eigenvalue weighted by Crippen LogP contribution is -2.19. The minimum Gasteiger partial charge on any atom is -0.467 e. The summed E-state index contributed by atoms with van der Waals surface area (Å²) in [5, 5.41) is 2.83. The van der Waals surface area contributed by atoms with E-state index in [0.717, 1.165) is 5.56 Å². The van der Waals surface area contributed by atoms with Crippen molar-refractivity contribution in [1.29, 1.82) is 0 Å². The summed E-state index contributed by atoms with van der Waals surface area (Å²) in [6.07, 6.45) is 1.85. The number of hydrogen-bond donors (Lipinski definition) is 1. The lowest BCUT2D eigenvalue weighted by molar-refractivity contribution is -0.115. The summed E-state index contributed by atoms with van der Waals surface area (Å²) < 4.78 is 5.00. The summed E-state index contributed by atoms with van der Waals surface area (Å²) in [5.74, 6) is 0.487. The Balaban J connectivity index is 2.13. The van der Waals surface area contributed by atoms with E-state index in [4.69, 9.17) is 4.74 Å². The molecule has 0 saturated carbocycles. The average molecular weight is 286 g/mol. The van der Waals surface area contributed by atoms with Gasteiger partial charge >= 0.3 is 6.01 Å². The number of nitrogens with one attached hydrogen (secondary N) is 1. The second kappa shape index (κ2) is 6.69. The van der Waals surface area contributed by atoms with Gasteiger partial charge in [-0.2, -0.15) is 4.98 Å². The van der Waals surface area contributed by atoms with Crippen molar-refractivity contribution >= 4 is 17.4 Å². The van der Waals surface area contributed by atoms with E-state index in [1.807, 2.05) is 44.4 Å². The van der Waals surface area contributed by atoms with E-state index in [-0.39, 0.29) is 11.9 Å². The predicted molar refractivity (Wildman–Crippen MR) is 81.7 cm³/mol. The van der Waals surface area contributed by atoms with Crippen LogP contribution >= 0.6 is 0 Å². The van der Waals surface area contributed by atoms with E-state index in [1.54, 1.807) is 11.1 Å². The van der Waals surface area contributed by atoms with Gasteiger partial charge in [0, 0.05) is 14.1 Å². The van der Waals surface area contributed by atoms with Gasteiger partial charge in [-0.15, -0.1) is 0 Å². The lowest BCUT2D eigenvalue weighted by Gasteiger charge is -2.16. The van der Waals surface area contributed by atoms with Crippen molar-refractivity contribution in [3.8, 4) is 6.01 Å². The zero-order valence-electron chi connectivity index (χ0n) is 12.3. The SMILES string of the molecule is COc1ncc(NC(=O)Cc2ccccc2)c(N(C)C)n1. The number of methoxy groups -OCH3 is 1. The first kappa shape index (κ1) is 14.8. The van der Waals surface area contributed by atoms with Crippen LogP contribution in [-0.4, -0.2) is 37.1 Å². The van der Waals surface area contributed by atoms with Gasteiger partial charge < -0.3 is 15.0 Å². The molecule has 2 aromatic rings. The van der Waals surface area contributed by atoms with Crippen molar-refractivity contribution in [3.63, 3.8) is 0 Å². The van der Waals surface area contributed by atoms with Crippen molar-refractivity contribution in [3.05, 3.63) is 42.1 Å². The molecule has 1 N–H and O–H groups in total. The van der Waals surface area contributed by atoms with Crippen LogP contribution in [0.15, 0.2) is 36.5 Å². The van der Waals surface area contributed by atoms with Crippen LogP contribution in [0.5, 0.6) is 6.01 Å². The van der Waals surface area contributed by atoms with Gasteiger partial charge in [-0.25, -0.2) is 4.98 Å². The van der Waals surface area contributed by atoms with Gasteiger partial charge in [-0.05, 0) is 5.56 Å². The number of rotatable bonds is 5. The fraction of sp³-hybridized carbons (Fsp3) is 0.267. The molecule has 0 spiro atoms. The fourth-order valence-electron chi connectivity index (χ4n) is 1.86. The Morgan fingerprint density at radius 1 is 1.29 bits per heavy atom. The van der Waals surface area contributed by atoms with Crippen LogP contribution in [0.25, 0.3) is 0 Å². The molecule has 2 rings (SSSR count). The van der Waals surface area contributed by atoms with E-state index >= 15 is 0 Å². The van der Waals surface area contributed by atoms with E-state index < -0.39 is 0 Å². The molecule has 0 radical (unpaired) electrons. The molecule has 0 fully saturated rings. The molecule has 1 aromatic heterocycles. The number of anilines is 2. The summed E-state index contributed by atoms with van der Waals surface area (Å²) in [6.45, 7) is 0. The maximum Gasteiger partial charge on any atom is 0.318 e. The van der Waals surface area contributed by atoms with Crippen LogP contribution in [0.3, 0.4) is 0 Å². The van der Waals surface area contributed by atoms with Gasteiger partial charge in [0.2, 0.25) is 5.91 Å². The summed E-state index contributed by atoms with van der Waals surface area (Å²) in [5.41, 5.74) is 1.51. The monoisotopic (exact) mass is 286 g/mol. The molecule has 1 aromatic carbocycles. The Hall–Kier alpha value is -2.63. The van der Waals surface area contributed by atoms with Crippen molar-refractivity contribution in [2.24, 2.45) is 0 Å². The summed E-state index contributed by atoms with van der Waals surface area (Å²) in [6, 6.07) is 9.82. The maximum atomic E-state index is 12.1.